The van der Waals surface area contributed by atoms with Gasteiger partial charge in [-0.1, -0.05) is 6.07 Å². The van der Waals surface area contributed by atoms with Crippen molar-refractivity contribution in [3.63, 3.8) is 0 Å². The first-order valence-electron chi connectivity index (χ1n) is 5.18. The van der Waals surface area contributed by atoms with E-state index < -0.39 is 0 Å². The molecule has 0 fully saturated rings. The van der Waals surface area contributed by atoms with Gasteiger partial charge >= 0.3 is 0 Å². The van der Waals surface area contributed by atoms with E-state index in [1.54, 1.807) is 6.07 Å². The van der Waals surface area contributed by atoms with Crippen molar-refractivity contribution in [2.24, 2.45) is 0 Å². The van der Waals surface area contributed by atoms with E-state index in [0.29, 0.717) is 6.42 Å². The van der Waals surface area contributed by atoms with Gasteiger partial charge in [0.2, 0.25) is 0 Å². The average molecular weight is 358 g/mol. The Morgan fingerprint density at radius 1 is 0.778 bits per heavy atom. The van der Waals surface area contributed by atoms with Crippen LogP contribution in [-0.4, -0.2) is 20.4 Å². The Labute approximate surface area is 117 Å². The Kier molecular flexibility index (Phi) is 3.51. The maximum absolute atomic E-state index is 9.46. The quantitative estimate of drug-likeness (QED) is 0.492. The van der Waals surface area contributed by atoms with Crippen LogP contribution < -0.4 is 0 Å². The average Bonchev–Trinajstić information content (AvgIpc) is 2.31. The van der Waals surface area contributed by atoms with Gasteiger partial charge in [0.05, 0.1) is 0 Å². The molecule has 0 amide bonds. The topological polar surface area (TPSA) is 80.9 Å². The molecule has 0 radical (unpaired) electrons. The number of rotatable bonds is 2. The van der Waals surface area contributed by atoms with Crippen LogP contribution in [0.2, 0.25) is 0 Å². The molecular formula is C13H11IO4. The van der Waals surface area contributed by atoms with Crippen molar-refractivity contribution in [1.29, 1.82) is 0 Å². The molecule has 0 saturated carbocycles. The fourth-order valence-corrected chi connectivity index (χ4v) is 2.27. The summed E-state index contributed by atoms with van der Waals surface area (Å²) in [6, 6.07) is 7.54. The third-order valence-electron chi connectivity index (χ3n) is 2.58. The van der Waals surface area contributed by atoms with Crippen LogP contribution in [0.1, 0.15) is 11.1 Å². The maximum Gasteiger partial charge on any atom is 0.158 e. The van der Waals surface area contributed by atoms with E-state index in [9.17, 15) is 20.4 Å². The number of hydrogen-bond acceptors (Lipinski definition) is 4. The standard InChI is InChI=1S/C13H11IO4/c14-9-6-13(18)12(17)5-8(9)3-7-1-2-10(15)11(16)4-7/h1-2,4-6,15-18H,3H2. The molecule has 4 nitrogen and oxygen atoms in total. The SMILES string of the molecule is Oc1ccc(Cc2cc(O)c(O)cc2I)cc1O. The van der Waals surface area contributed by atoms with Gasteiger partial charge in [0, 0.05) is 3.57 Å². The van der Waals surface area contributed by atoms with E-state index in [1.165, 1.54) is 24.3 Å². The normalized spacial score (nSPS) is 10.5. The summed E-state index contributed by atoms with van der Waals surface area (Å²) in [5.74, 6) is -0.669. The zero-order valence-corrected chi connectivity index (χ0v) is 11.4. The molecule has 0 saturated heterocycles. The number of hydrogen-bond donors (Lipinski definition) is 4. The molecule has 2 aromatic rings. The Morgan fingerprint density at radius 2 is 1.39 bits per heavy atom. The van der Waals surface area contributed by atoms with Crippen molar-refractivity contribution in [3.8, 4) is 23.0 Å². The second kappa shape index (κ2) is 4.93. The highest BCUT2D eigenvalue weighted by molar-refractivity contribution is 14.1. The summed E-state index contributed by atoms with van der Waals surface area (Å²) in [6.45, 7) is 0. The van der Waals surface area contributed by atoms with Crippen LogP contribution in [-0.2, 0) is 6.42 Å². The van der Waals surface area contributed by atoms with Gasteiger partial charge in [0.15, 0.2) is 23.0 Å². The van der Waals surface area contributed by atoms with Crippen molar-refractivity contribution in [3.05, 3.63) is 45.0 Å². The van der Waals surface area contributed by atoms with E-state index >= 15 is 0 Å². The van der Waals surface area contributed by atoms with Crippen LogP contribution in [0.4, 0.5) is 0 Å². The fraction of sp³-hybridized carbons (Fsp3) is 0.0769. The summed E-state index contributed by atoms with van der Waals surface area (Å²) in [5.41, 5.74) is 1.63. The lowest BCUT2D eigenvalue weighted by molar-refractivity contribution is 0.402. The molecule has 0 aliphatic carbocycles. The van der Waals surface area contributed by atoms with Gasteiger partial charge < -0.3 is 20.4 Å². The van der Waals surface area contributed by atoms with Gasteiger partial charge in [-0.25, -0.2) is 0 Å². The molecule has 94 valence electrons. The van der Waals surface area contributed by atoms with E-state index in [-0.39, 0.29) is 23.0 Å². The predicted molar refractivity (Wildman–Crippen MR) is 75.1 cm³/mol. The van der Waals surface area contributed by atoms with Gasteiger partial charge in [-0.2, -0.15) is 0 Å². The Morgan fingerprint density at radius 3 is 2.06 bits per heavy atom. The van der Waals surface area contributed by atoms with Crippen molar-refractivity contribution in [1.82, 2.24) is 0 Å². The van der Waals surface area contributed by atoms with Crippen LogP contribution in [0.3, 0.4) is 0 Å². The van der Waals surface area contributed by atoms with Crippen LogP contribution in [0.5, 0.6) is 23.0 Å². The molecule has 2 rings (SSSR count). The highest BCUT2D eigenvalue weighted by Crippen LogP contribution is 2.32. The number of halogens is 1. The van der Waals surface area contributed by atoms with Crippen molar-refractivity contribution >= 4 is 22.6 Å². The molecule has 0 atom stereocenters. The van der Waals surface area contributed by atoms with Gasteiger partial charge in [-0.15, -0.1) is 0 Å². The van der Waals surface area contributed by atoms with E-state index in [0.717, 1.165) is 14.7 Å². The molecule has 0 aliphatic heterocycles. The minimum atomic E-state index is -0.175. The van der Waals surface area contributed by atoms with Gasteiger partial charge in [0.1, 0.15) is 0 Å². The predicted octanol–water partition coefficient (Wildman–Crippen LogP) is 2.70. The first-order valence-corrected chi connectivity index (χ1v) is 6.26. The van der Waals surface area contributed by atoms with Gasteiger partial charge in [-0.3, -0.25) is 0 Å². The lowest BCUT2D eigenvalue weighted by Crippen LogP contribution is -1.92. The lowest BCUT2D eigenvalue weighted by atomic mass is 10.0. The number of phenols is 4. The number of phenolic OH excluding ortho intramolecular Hbond substituents is 4. The van der Waals surface area contributed by atoms with Gasteiger partial charge in [-0.05, 0) is 64.4 Å². The summed E-state index contributed by atoms with van der Waals surface area (Å²) in [6.07, 6.45) is 0.486. The Hall–Kier alpha value is -1.63. The van der Waals surface area contributed by atoms with E-state index in [4.69, 9.17) is 0 Å². The van der Waals surface area contributed by atoms with Crippen molar-refractivity contribution in [2.75, 3.05) is 0 Å². The second-order valence-corrected chi connectivity index (χ2v) is 5.09. The molecule has 0 spiro atoms. The fourth-order valence-electron chi connectivity index (χ4n) is 1.63. The number of aromatic hydroxyl groups is 4. The first-order chi connectivity index (χ1) is 8.47. The molecule has 0 bridgehead atoms. The molecule has 5 heteroatoms. The van der Waals surface area contributed by atoms with Crippen LogP contribution in [0, 0.1) is 3.57 Å². The smallest absolute Gasteiger partial charge is 0.158 e. The molecule has 0 unspecified atom stereocenters. The zero-order valence-electron chi connectivity index (χ0n) is 9.26. The summed E-state index contributed by atoms with van der Waals surface area (Å²) in [7, 11) is 0. The van der Waals surface area contributed by atoms with Gasteiger partial charge in [0.25, 0.3) is 0 Å². The molecule has 18 heavy (non-hydrogen) atoms. The summed E-state index contributed by atoms with van der Waals surface area (Å²) in [5, 5.41) is 37.4. The number of benzene rings is 2. The maximum atomic E-state index is 9.46. The van der Waals surface area contributed by atoms with Crippen LogP contribution >= 0.6 is 22.6 Å². The molecule has 2 aromatic carbocycles. The minimum absolute atomic E-state index is 0.156. The van der Waals surface area contributed by atoms with Crippen molar-refractivity contribution in [2.45, 2.75) is 6.42 Å². The third-order valence-corrected chi connectivity index (χ3v) is 3.58. The summed E-state index contributed by atoms with van der Waals surface area (Å²) >= 11 is 2.06. The summed E-state index contributed by atoms with van der Waals surface area (Å²) < 4.78 is 0.815. The van der Waals surface area contributed by atoms with Crippen LogP contribution in [0.15, 0.2) is 30.3 Å². The monoisotopic (exact) mass is 358 g/mol. The summed E-state index contributed by atoms with van der Waals surface area (Å²) in [4.78, 5) is 0. The lowest BCUT2D eigenvalue weighted by Gasteiger charge is -2.08. The Balaban J connectivity index is 2.34. The molecule has 0 aromatic heterocycles. The van der Waals surface area contributed by atoms with Crippen LogP contribution in [0.25, 0.3) is 0 Å². The largest absolute Gasteiger partial charge is 0.504 e. The highest BCUT2D eigenvalue weighted by Gasteiger charge is 2.08. The zero-order chi connectivity index (χ0) is 13.3. The molecule has 0 heterocycles. The molecule has 0 aliphatic rings. The second-order valence-electron chi connectivity index (χ2n) is 3.93. The molecule has 4 N–H and O–H groups in total. The van der Waals surface area contributed by atoms with E-state index in [2.05, 4.69) is 22.6 Å². The highest BCUT2D eigenvalue weighted by atomic mass is 127. The first kappa shape index (κ1) is 12.8. The van der Waals surface area contributed by atoms with E-state index in [1.807, 2.05) is 0 Å². The third kappa shape index (κ3) is 2.61. The minimum Gasteiger partial charge on any atom is -0.504 e. The van der Waals surface area contributed by atoms with Crippen molar-refractivity contribution < 1.29 is 20.4 Å². The molecular weight excluding hydrogens is 347 g/mol. The Bertz CT molecular complexity index is 596.